The molecule has 0 fully saturated rings. The number of Topliss-reactive ketones (excluding diaryl/α,β-unsaturated/α-hetero) is 1. The fraction of sp³-hybridized carbons (Fsp3) is 0.364. The average molecular weight is 216 g/mol. The first kappa shape index (κ1) is 11.8. The maximum Gasteiger partial charge on any atom is 0.161 e. The fourth-order valence-corrected chi connectivity index (χ4v) is 1.46. The van der Waals surface area contributed by atoms with Gasteiger partial charge >= 0.3 is 0 Å². The van der Waals surface area contributed by atoms with Gasteiger partial charge in [-0.1, -0.05) is 6.92 Å². The van der Waals surface area contributed by atoms with Crippen LogP contribution in [0.15, 0.2) is 12.1 Å². The van der Waals surface area contributed by atoms with Gasteiger partial charge < -0.3 is 4.79 Å². The summed E-state index contributed by atoms with van der Waals surface area (Å²) in [6.07, 6.45) is 0.113. The average Bonchev–Trinajstić information content (AvgIpc) is 2.09. The molecule has 0 saturated carbocycles. The van der Waals surface area contributed by atoms with Crippen molar-refractivity contribution in [1.82, 2.24) is 0 Å². The molecule has 0 heterocycles. The van der Waals surface area contributed by atoms with Crippen molar-refractivity contribution in [3.05, 3.63) is 35.1 Å². The quantitative estimate of drug-likeness (QED) is 0.709. The third kappa shape index (κ3) is 2.81. The maximum absolute atomic E-state index is 13.2. The van der Waals surface area contributed by atoms with Gasteiger partial charge in [0, 0.05) is 12.5 Å². The topological polar surface area (TPSA) is 17.1 Å². The molecule has 1 aromatic carbocycles. The van der Waals surface area contributed by atoms with E-state index in [9.17, 15) is 18.0 Å². The normalized spacial score (nSPS) is 12.6. The standard InChI is InChI=1S/C11H11F3O/c1-6(3-7(2)15)8-4-10(13)11(14)5-9(8)12/h4-6H,3H2,1-2H3. The first-order valence-electron chi connectivity index (χ1n) is 4.55. The molecule has 1 nitrogen and oxygen atoms in total. The second kappa shape index (κ2) is 4.47. The van der Waals surface area contributed by atoms with Crippen LogP contribution in [0, 0.1) is 17.5 Å². The number of hydrogen-bond donors (Lipinski definition) is 0. The molecule has 0 aliphatic carbocycles. The van der Waals surface area contributed by atoms with E-state index in [4.69, 9.17) is 0 Å². The van der Waals surface area contributed by atoms with Crippen LogP contribution in [0.4, 0.5) is 13.2 Å². The summed E-state index contributed by atoms with van der Waals surface area (Å²) in [4.78, 5) is 10.8. The number of ketones is 1. The highest BCUT2D eigenvalue weighted by Crippen LogP contribution is 2.24. The zero-order valence-electron chi connectivity index (χ0n) is 8.48. The smallest absolute Gasteiger partial charge is 0.161 e. The Morgan fingerprint density at radius 1 is 1.20 bits per heavy atom. The molecule has 0 spiro atoms. The predicted octanol–water partition coefficient (Wildman–Crippen LogP) is 3.19. The van der Waals surface area contributed by atoms with Crippen LogP contribution in [-0.2, 0) is 4.79 Å². The number of carbonyl (C=O) groups is 1. The molecule has 82 valence electrons. The van der Waals surface area contributed by atoms with E-state index in [1.54, 1.807) is 6.92 Å². The fourth-order valence-electron chi connectivity index (χ4n) is 1.46. The highest BCUT2D eigenvalue weighted by molar-refractivity contribution is 5.76. The molecule has 1 unspecified atom stereocenters. The van der Waals surface area contributed by atoms with Crippen LogP contribution in [0.2, 0.25) is 0 Å². The molecule has 1 aromatic rings. The zero-order valence-corrected chi connectivity index (χ0v) is 8.48. The highest BCUT2D eigenvalue weighted by Gasteiger charge is 2.16. The lowest BCUT2D eigenvalue weighted by Crippen LogP contribution is -2.04. The summed E-state index contributed by atoms with van der Waals surface area (Å²) in [6, 6.07) is 1.31. The van der Waals surface area contributed by atoms with Crippen LogP contribution in [0.5, 0.6) is 0 Å². The Kier molecular flexibility index (Phi) is 3.50. The van der Waals surface area contributed by atoms with Gasteiger partial charge in [-0.3, -0.25) is 0 Å². The predicted molar refractivity (Wildman–Crippen MR) is 50.0 cm³/mol. The van der Waals surface area contributed by atoms with Crippen LogP contribution in [0.25, 0.3) is 0 Å². The summed E-state index contributed by atoms with van der Waals surface area (Å²) in [6.45, 7) is 2.96. The summed E-state index contributed by atoms with van der Waals surface area (Å²) >= 11 is 0. The van der Waals surface area contributed by atoms with Gasteiger partial charge in [0.05, 0.1) is 0 Å². The molecular formula is C11H11F3O. The number of benzene rings is 1. The molecular weight excluding hydrogens is 205 g/mol. The van der Waals surface area contributed by atoms with E-state index in [1.807, 2.05) is 0 Å². The Balaban J connectivity index is 3.03. The Morgan fingerprint density at radius 2 is 1.73 bits per heavy atom. The molecule has 0 saturated heterocycles. The molecule has 0 aromatic heterocycles. The second-order valence-corrected chi connectivity index (χ2v) is 3.60. The van der Waals surface area contributed by atoms with Crippen molar-refractivity contribution in [2.24, 2.45) is 0 Å². The SMILES string of the molecule is CC(=O)CC(C)c1cc(F)c(F)cc1F. The zero-order chi connectivity index (χ0) is 11.6. The summed E-state index contributed by atoms with van der Waals surface area (Å²) in [5, 5.41) is 0. The van der Waals surface area contributed by atoms with Gasteiger partial charge in [-0.2, -0.15) is 0 Å². The van der Waals surface area contributed by atoms with Crippen molar-refractivity contribution in [2.75, 3.05) is 0 Å². The highest BCUT2D eigenvalue weighted by atomic mass is 19.2. The van der Waals surface area contributed by atoms with Gasteiger partial charge in [0.15, 0.2) is 11.6 Å². The summed E-state index contributed by atoms with van der Waals surface area (Å²) in [5.74, 6) is -3.69. The van der Waals surface area contributed by atoms with E-state index >= 15 is 0 Å². The monoisotopic (exact) mass is 216 g/mol. The number of carbonyl (C=O) groups excluding carboxylic acids is 1. The minimum Gasteiger partial charge on any atom is -0.300 e. The number of rotatable bonds is 3. The molecule has 0 aliphatic heterocycles. The van der Waals surface area contributed by atoms with E-state index in [-0.39, 0.29) is 17.8 Å². The Morgan fingerprint density at radius 3 is 2.27 bits per heavy atom. The summed E-state index contributed by atoms with van der Waals surface area (Å²) < 4.78 is 38.6. The number of hydrogen-bond acceptors (Lipinski definition) is 1. The van der Waals surface area contributed by atoms with E-state index < -0.39 is 23.4 Å². The van der Waals surface area contributed by atoms with Crippen LogP contribution >= 0.6 is 0 Å². The van der Waals surface area contributed by atoms with Gasteiger partial charge in [0.2, 0.25) is 0 Å². The van der Waals surface area contributed by atoms with Crippen LogP contribution in [0.1, 0.15) is 31.7 Å². The molecule has 0 aliphatic rings. The number of halogens is 3. The molecule has 4 heteroatoms. The van der Waals surface area contributed by atoms with E-state index in [0.717, 1.165) is 6.07 Å². The lowest BCUT2D eigenvalue weighted by molar-refractivity contribution is -0.117. The van der Waals surface area contributed by atoms with Gasteiger partial charge in [0.25, 0.3) is 0 Å². The molecule has 15 heavy (non-hydrogen) atoms. The Hall–Kier alpha value is -1.32. The van der Waals surface area contributed by atoms with E-state index in [1.165, 1.54) is 6.92 Å². The van der Waals surface area contributed by atoms with Gasteiger partial charge in [-0.25, -0.2) is 13.2 Å². The third-order valence-corrected chi connectivity index (χ3v) is 2.16. The largest absolute Gasteiger partial charge is 0.300 e. The summed E-state index contributed by atoms with van der Waals surface area (Å²) in [7, 11) is 0. The maximum atomic E-state index is 13.2. The minimum atomic E-state index is -1.22. The molecule has 1 atom stereocenters. The minimum absolute atomic E-state index is 0.0316. The molecule has 0 N–H and O–H groups in total. The van der Waals surface area contributed by atoms with Crippen molar-refractivity contribution < 1.29 is 18.0 Å². The van der Waals surface area contributed by atoms with Gasteiger partial charge in [-0.05, 0) is 24.5 Å². The van der Waals surface area contributed by atoms with Crippen LogP contribution in [0.3, 0.4) is 0 Å². The third-order valence-electron chi connectivity index (χ3n) is 2.16. The Bertz CT molecular complexity index is 388. The first-order chi connectivity index (χ1) is 6.91. The molecule has 0 bridgehead atoms. The lowest BCUT2D eigenvalue weighted by atomic mass is 9.95. The van der Waals surface area contributed by atoms with Crippen molar-refractivity contribution in [2.45, 2.75) is 26.2 Å². The molecule has 1 rings (SSSR count). The lowest BCUT2D eigenvalue weighted by Gasteiger charge is -2.11. The van der Waals surface area contributed by atoms with Crippen molar-refractivity contribution in [3.8, 4) is 0 Å². The Labute approximate surface area is 85.9 Å². The molecule has 0 amide bonds. The van der Waals surface area contributed by atoms with E-state index in [0.29, 0.717) is 6.07 Å². The van der Waals surface area contributed by atoms with Gasteiger partial charge in [-0.15, -0.1) is 0 Å². The van der Waals surface area contributed by atoms with Crippen LogP contribution < -0.4 is 0 Å². The first-order valence-corrected chi connectivity index (χ1v) is 4.55. The second-order valence-electron chi connectivity index (χ2n) is 3.60. The van der Waals surface area contributed by atoms with Crippen molar-refractivity contribution >= 4 is 5.78 Å². The van der Waals surface area contributed by atoms with Crippen molar-refractivity contribution in [1.29, 1.82) is 0 Å². The summed E-state index contributed by atoms with van der Waals surface area (Å²) in [5.41, 5.74) is 0.0316. The van der Waals surface area contributed by atoms with Crippen molar-refractivity contribution in [3.63, 3.8) is 0 Å². The van der Waals surface area contributed by atoms with Gasteiger partial charge in [0.1, 0.15) is 11.6 Å². The molecule has 0 radical (unpaired) electrons. The van der Waals surface area contributed by atoms with E-state index in [2.05, 4.69) is 0 Å². The van der Waals surface area contributed by atoms with Crippen LogP contribution in [-0.4, -0.2) is 5.78 Å².